The molecule has 3 nitrogen and oxygen atoms in total. The van der Waals surface area contributed by atoms with E-state index in [0.717, 1.165) is 13.0 Å². The van der Waals surface area contributed by atoms with E-state index in [-0.39, 0.29) is 11.9 Å². The van der Waals surface area contributed by atoms with Crippen LogP contribution in [-0.4, -0.2) is 29.4 Å². The lowest BCUT2D eigenvalue weighted by molar-refractivity contribution is -0.131. The summed E-state index contributed by atoms with van der Waals surface area (Å²) in [7, 11) is 0. The SMILES string of the molecule is CC1(C)CCCC1N1CC(N)CC1=O. The molecule has 0 aromatic rings. The third kappa shape index (κ3) is 1.54. The third-order valence-electron chi connectivity index (χ3n) is 3.77. The van der Waals surface area contributed by atoms with Crippen LogP contribution in [0.5, 0.6) is 0 Å². The Morgan fingerprint density at radius 2 is 2.21 bits per heavy atom. The van der Waals surface area contributed by atoms with Crippen LogP contribution in [-0.2, 0) is 4.79 Å². The molecule has 0 aromatic carbocycles. The zero-order valence-corrected chi connectivity index (χ0v) is 9.12. The molecule has 2 rings (SSSR count). The Morgan fingerprint density at radius 3 is 2.64 bits per heavy atom. The van der Waals surface area contributed by atoms with Crippen LogP contribution in [0.4, 0.5) is 0 Å². The third-order valence-corrected chi connectivity index (χ3v) is 3.77. The van der Waals surface area contributed by atoms with E-state index >= 15 is 0 Å². The Labute approximate surface area is 85.6 Å². The molecule has 80 valence electrons. The molecule has 2 unspecified atom stereocenters. The number of carbonyl (C=O) groups excluding carboxylic acids is 1. The standard InChI is InChI=1S/C11H20N2O/c1-11(2)5-3-4-9(11)13-7-8(12)6-10(13)14/h8-9H,3-7,12H2,1-2H3. The summed E-state index contributed by atoms with van der Waals surface area (Å²) < 4.78 is 0. The number of nitrogens with zero attached hydrogens (tertiary/aromatic N) is 1. The van der Waals surface area contributed by atoms with Crippen molar-refractivity contribution in [1.82, 2.24) is 4.90 Å². The molecule has 2 fully saturated rings. The lowest BCUT2D eigenvalue weighted by Gasteiger charge is -2.35. The molecule has 0 spiro atoms. The summed E-state index contributed by atoms with van der Waals surface area (Å²) >= 11 is 0. The quantitative estimate of drug-likeness (QED) is 0.683. The van der Waals surface area contributed by atoms with Crippen LogP contribution in [0.1, 0.15) is 39.5 Å². The van der Waals surface area contributed by atoms with Crippen LogP contribution in [0.15, 0.2) is 0 Å². The molecule has 1 aliphatic heterocycles. The van der Waals surface area contributed by atoms with Crippen molar-refractivity contribution in [2.24, 2.45) is 11.1 Å². The van der Waals surface area contributed by atoms with Gasteiger partial charge in [-0.25, -0.2) is 0 Å². The van der Waals surface area contributed by atoms with Gasteiger partial charge in [-0.05, 0) is 18.3 Å². The number of amides is 1. The number of likely N-dealkylation sites (tertiary alicyclic amines) is 1. The summed E-state index contributed by atoms with van der Waals surface area (Å²) in [6, 6.07) is 0.502. The minimum atomic E-state index is 0.0684. The Kier molecular flexibility index (Phi) is 2.30. The number of rotatable bonds is 1. The molecule has 2 aliphatic rings. The van der Waals surface area contributed by atoms with Gasteiger partial charge in [0.1, 0.15) is 0 Å². The smallest absolute Gasteiger partial charge is 0.224 e. The summed E-state index contributed by atoms with van der Waals surface area (Å²) in [6.07, 6.45) is 4.19. The monoisotopic (exact) mass is 196 g/mol. The van der Waals surface area contributed by atoms with E-state index in [2.05, 4.69) is 13.8 Å². The van der Waals surface area contributed by atoms with E-state index in [0.29, 0.717) is 17.9 Å². The molecule has 0 radical (unpaired) electrons. The number of nitrogens with two attached hydrogens (primary N) is 1. The van der Waals surface area contributed by atoms with Gasteiger partial charge in [-0.3, -0.25) is 4.79 Å². The van der Waals surface area contributed by atoms with Gasteiger partial charge in [0.2, 0.25) is 5.91 Å². The lowest BCUT2D eigenvalue weighted by atomic mass is 9.86. The largest absolute Gasteiger partial charge is 0.338 e. The van der Waals surface area contributed by atoms with Crippen molar-refractivity contribution in [1.29, 1.82) is 0 Å². The highest BCUT2D eigenvalue weighted by Gasteiger charge is 2.43. The van der Waals surface area contributed by atoms with Crippen molar-refractivity contribution in [3.05, 3.63) is 0 Å². The molecule has 0 bridgehead atoms. The van der Waals surface area contributed by atoms with Gasteiger partial charge in [0, 0.05) is 25.0 Å². The zero-order chi connectivity index (χ0) is 10.3. The first-order chi connectivity index (χ1) is 6.50. The highest BCUT2D eigenvalue weighted by molar-refractivity contribution is 5.79. The Bertz CT molecular complexity index is 250. The van der Waals surface area contributed by atoms with Gasteiger partial charge in [0.05, 0.1) is 0 Å². The molecule has 14 heavy (non-hydrogen) atoms. The van der Waals surface area contributed by atoms with E-state index in [9.17, 15) is 4.79 Å². The number of hydrogen-bond acceptors (Lipinski definition) is 2. The van der Waals surface area contributed by atoms with Gasteiger partial charge in [-0.1, -0.05) is 20.3 Å². The first-order valence-corrected chi connectivity index (χ1v) is 5.56. The maximum absolute atomic E-state index is 11.7. The molecule has 3 heteroatoms. The second-order valence-electron chi connectivity index (χ2n) is 5.41. The lowest BCUT2D eigenvalue weighted by Crippen LogP contribution is -2.43. The molecular weight excluding hydrogens is 176 g/mol. The number of carbonyl (C=O) groups is 1. The molecule has 2 atom stereocenters. The minimum absolute atomic E-state index is 0.0684. The van der Waals surface area contributed by atoms with Crippen molar-refractivity contribution >= 4 is 5.91 Å². The second kappa shape index (κ2) is 3.23. The molecule has 1 saturated heterocycles. The number of hydrogen-bond donors (Lipinski definition) is 1. The fraction of sp³-hybridized carbons (Fsp3) is 0.909. The average molecular weight is 196 g/mol. The van der Waals surface area contributed by atoms with E-state index in [1.54, 1.807) is 0 Å². The predicted molar refractivity (Wildman–Crippen MR) is 55.7 cm³/mol. The maximum Gasteiger partial charge on any atom is 0.224 e. The van der Waals surface area contributed by atoms with Gasteiger partial charge in [0.25, 0.3) is 0 Å². The Morgan fingerprint density at radius 1 is 1.50 bits per heavy atom. The fourth-order valence-electron chi connectivity index (χ4n) is 2.95. The van der Waals surface area contributed by atoms with Crippen molar-refractivity contribution in [3.63, 3.8) is 0 Å². The van der Waals surface area contributed by atoms with Crippen LogP contribution in [0.3, 0.4) is 0 Å². The zero-order valence-electron chi connectivity index (χ0n) is 9.12. The summed E-state index contributed by atoms with van der Waals surface area (Å²) in [4.78, 5) is 13.7. The highest BCUT2D eigenvalue weighted by Crippen LogP contribution is 2.41. The van der Waals surface area contributed by atoms with Crippen molar-refractivity contribution in [2.45, 2.75) is 51.6 Å². The maximum atomic E-state index is 11.7. The highest BCUT2D eigenvalue weighted by atomic mass is 16.2. The normalized spacial score (nSPS) is 36.8. The van der Waals surface area contributed by atoms with Gasteiger partial charge in [-0.15, -0.1) is 0 Å². The molecular formula is C11H20N2O. The summed E-state index contributed by atoms with van der Waals surface area (Å²) in [5.74, 6) is 0.262. The Balaban J connectivity index is 2.12. The molecule has 1 amide bonds. The van der Waals surface area contributed by atoms with Crippen LogP contribution in [0.25, 0.3) is 0 Å². The van der Waals surface area contributed by atoms with Gasteiger partial charge >= 0.3 is 0 Å². The summed E-state index contributed by atoms with van der Waals surface area (Å²) in [5, 5.41) is 0. The van der Waals surface area contributed by atoms with Crippen LogP contribution in [0.2, 0.25) is 0 Å². The van der Waals surface area contributed by atoms with E-state index in [1.165, 1.54) is 12.8 Å². The molecule has 0 aromatic heterocycles. The second-order valence-corrected chi connectivity index (χ2v) is 5.41. The van der Waals surface area contributed by atoms with Gasteiger partial charge in [0.15, 0.2) is 0 Å². The van der Waals surface area contributed by atoms with Gasteiger partial charge in [-0.2, -0.15) is 0 Å². The van der Waals surface area contributed by atoms with Crippen LogP contribution in [0, 0.1) is 5.41 Å². The summed E-state index contributed by atoms with van der Waals surface area (Å²) in [5.41, 5.74) is 6.10. The molecule has 1 aliphatic carbocycles. The topological polar surface area (TPSA) is 46.3 Å². The minimum Gasteiger partial charge on any atom is -0.338 e. The van der Waals surface area contributed by atoms with Gasteiger partial charge < -0.3 is 10.6 Å². The Hall–Kier alpha value is -0.570. The van der Waals surface area contributed by atoms with Crippen LogP contribution >= 0.6 is 0 Å². The first kappa shape index (κ1) is 9.97. The first-order valence-electron chi connectivity index (χ1n) is 5.56. The van der Waals surface area contributed by atoms with Crippen molar-refractivity contribution in [2.75, 3.05) is 6.54 Å². The molecule has 2 N–H and O–H groups in total. The van der Waals surface area contributed by atoms with Crippen LogP contribution < -0.4 is 5.73 Å². The van der Waals surface area contributed by atoms with E-state index in [1.807, 2.05) is 4.90 Å². The molecule has 1 heterocycles. The van der Waals surface area contributed by atoms with E-state index in [4.69, 9.17) is 5.73 Å². The van der Waals surface area contributed by atoms with Crippen molar-refractivity contribution < 1.29 is 4.79 Å². The van der Waals surface area contributed by atoms with Crippen molar-refractivity contribution in [3.8, 4) is 0 Å². The predicted octanol–water partition coefficient (Wildman–Crippen LogP) is 1.12. The van der Waals surface area contributed by atoms with E-state index < -0.39 is 0 Å². The fourth-order valence-corrected chi connectivity index (χ4v) is 2.95. The summed E-state index contributed by atoms with van der Waals surface area (Å²) in [6.45, 7) is 5.30. The average Bonchev–Trinajstić information content (AvgIpc) is 2.54. The molecule has 1 saturated carbocycles.